The second-order valence-electron chi connectivity index (χ2n) is 6.18. The van der Waals surface area contributed by atoms with Gasteiger partial charge in [-0.3, -0.25) is 4.98 Å². The van der Waals surface area contributed by atoms with E-state index in [0.29, 0.717) is 12.2 Å². The van der Waals surface area contributed by atoms with Crippen molar-refractivity contribution in [1.82, 2.24) is 4.98 Å². The molecule has 0 aliphatic carbocycles. The second kappa shape index (κ2) is 8.78. The van der Waals surface area contributed by atoms with Gasteiger partial charge in [-0.25, -0.2) is 4.79 Å². The van der Waals surface area contributed by atoms with Crippen LogP contribution in [0, 0.1) is 0 Å². The second-order valence-corrected chi connectivity index (χ2v) is 6.18. The van der Waals surface area contributed by atoms with E-state index < -0.39 is 0 Å². The molecule has 1 aliphatic heterocycles. The lowest BCUT2D eigenvalue weighted by Crippen LogP contribution is -3.14. The Kier molecular flexibility index (Phi) is 6.19. The molecule has 1 saturated heterocycles. The highest BCUT2D eigenvalue weighted by molar-refractivity contribution is 6.04. The van der Waals surface area contributed by atoms with E-state index in [1.807, 2.05) is 31.2 Å². The van der Waals surface area contributed by atoms with Gasteiger partial charge in [0.2, 0.25) is 0 Å². The Morgan fingerprint density at radius 2 is 2.12 bits per heavy atom. The number of morpholine rings is 1. The largest absolute Gasteiger partial charge is 0.462 e. The van der Waals surface area contributed by atoms with Crippen LogP contribution in [0.4, 0.5) is 5.69 Å². The third kappa shape index (κ3) is 4.46. The first-order chi connectivity index (χ1) is 12.3. The average Bonchev–Trinajstić information content (AvgIpc) is 2.66. The quantitative estimate of drug-likeness (QED) is 0.582. The van der Waals surface area contributed by atoms with Gasteiger partial charge in [0.1, 0.15) is 18.7 Å². The topological polar surface area (TPSA) is 64.9 Å². The third-order valence-electron chi connectivity index (χ3n) is 4.48. The molecular weight excluding hydrogens is 318 g/mol. The minimum absolute atomic E-state index is 0.331. The highest BCUT2D eigenvalue weighted by atomic mass is 16.5. The molecule has 0 saturated carbocycles. The molecule has 1 aliphatic rings. The fourth-order valence-electron chi connectivity index (χ4n) is 3.16. The van der Waals surface area contributed by atoms with Crippen LogP contribution in [-0.4, -0.2) is 57.0 Å². The molecule has 0 amide bonds. The Bertz CT molecular complexity index is 714. The zero-order valence-corrected chi connectivity index (χ0v) is 14.7. The summed E-state index contributed by atoms with van der Waals surface area (Å²) in [6.45, 7) is 7.93. The number of pyridine rings is 1. The molecular formula is C19H26N3O3+. The number of para-hydroxylation sites is 1. The van der Waals surface area contributed by atoms with Crippen molar-refractivity contribution in [1.29, 1.82) is 0 Å². The van der Waals surface area contributed by atoms with Crippen LogP contribution >= 0.6 is 0 Å². The maximum absolute atomic E-state index is 12.3. The fraction of sp³-hybridized carbons (Fsp3) is 0.474. The van der Waals surface area contributed by atoms with Crippen molar-refractivity contribution in [2.24, 2.45) is 0 Å². The predicted molar refractivity (Wildman–Crippen MR) is 97.2 cm³/mol. The highest BCUT2D eigenvalue weighted by Crippen LogP contribution is 2.26. The van der Waals surface area contributed by atoms with Crippen molar-refractivity contribution in [3.8, 4) is 0 Å². The highest BCUT2D eigenvalue weighted by Gasteiger charge is 2.17. The Balaban J connectivity index is 1.71. The van der Waals surface area contributed by atoms with Crippen LogP contribution in [0.2, 0.25) is 0 Å². The molecule has 1 aromatic heterocycles. The van der Waals surface area contributed by atoms with Crippen LogP contribution in [-0.2, 0) is 9.47 Å². The standard InChI is InChI=1S/C19H25N3O3/c1-2-25-19(23)16-14-21-17-7-4-3-6-15(17)18(16)20-8-5-9-22-10-12-24-13-11-22/h3-4,6-7,14H,2,5,8-13H2,1H3,(H,20,21)/p+1. The number of esters is 1. The molecule has 0 unspecified atom stereocenters. The summed E-state index contributed by atoms with van der Waals surface area (Å²) in [5.41, 5.74) is 2.19. The van der Waals surface area contributed by atoms with E-state index in [2.05, 4.69) is 10.3 Å². The predicted octanol–water partition coefficient (Wildman–Crippen LogP) is 1.13. The molecule has 2 aromatic rings. The zero-order chi connectivity index (χ0) is 17.5. The van der Waals surface area contributed by atoms with Gasteiger partial charge in [0.25, 0.3) is 0 Å². The summed E-state index contributed by atoms with van der Waals surface area (Å²) in [6, 6.07) is 7.85. The first-order valence-electron chi connectivity index (χ1n) is 8.99. The number of ether oxygens (including phenoxy) is 2. The van der Waals surface area contributed by atoms with E-state index in [-0.39, 0.29) is 5.97 Å². The minimum atomic E-state index is -0.331. The van der Waals surface area contributed by atoms with Crippen molar-refractivity contribution in [3.05, 3.63) is 36.0 Å². The van der Waals surface area contributed by atoms with E-state index in [1.54, 1.807) is 11.1 Å². The first kappa shape index (κ1) is 17.6. The van der Waals surface area contributed by atoms with Gasteiger partial charge in [-0.2, -0.15) is 0 Å². The molecule has 2 N–H and O–H groups in total. The van der Waals surface area contributed by atoms with Crippen LogP contribution in [0.1, 0.15) is 23.7 Å². The monoisotopic (exact) mass is 344 g/mol. The van der Waals surface area contributed by atoms with Crippen LogP contribution in [0.25, 0.3) is 10.9 Å². The van der Waals surface area contributed by atoms with Crippen molar-refractivity contribution in [2.75, 3.05) is 51.3 Å². The number of nitrogens with one attached hydrogen (secondary N) is 2. The zero-order valence-electron chi connectivity index (χ0n) is 14.7. The number of fused-ring (bicyclic) bond motifs is 1. The number of nitrogens with zero attached hydrogens (tertiary/aromatic N) is 1. The third-order valence-corrected chi connectivity index (χ3v) is 4.48. The van der Waals surface area contributed by atoms with Crippen molar-refractivity contribution in [3.63, 3.8) is 0 Å². The average molecular weight is 344 g/mol. The normalized spacial score (nSPS) is 15.2. The Hall–Kier alpha value is -2.18. The Morgan fingerprint density at radius 3 is 2.92 bits per heavy atom. The van der Waals surface area contributed by atoms with Crippen LogP contribution < -0.4 is 10.2 Å². The summed E-state index contributed by atoms with van der Waals surface area (Å²) in [7, 11) is 0. The molecule has 3 rings (SSSR count). The summed E-state index contributed by atoms with van der Waals surface area (Å²) < 4.78 is 10.6. The molecule has 0 bridgehead atoms. The van der Waals surface area contributed by atoms with E-state index in [1.165, 1.54) is 0 Å². The Labute approximate surface area is 148 Å². The molecule has 0 spiro atoms. The lowest BCUT2D eigenvalue weighted by molar-refractivity contribution is -0.908. The summed E-state index contributed by atoms with van der Waals surface area (Å²) >= 11 is 0. The lowest BCUT2D eigenvalue weighted by atomic mass is 10.1. The van der Waals surface area contributed by atoms with Gasteiger partial charge in [-0.05, 0) is 13.0 Å². The number of aromatic nitrogens is 1. The summed E-state index contributed by atoms with van der Waals surface area (Å²) in [5, 5.41) is 4.40. The van der Waals surface area contributed by atoms with Gasteiger partial charge in [-0.15, -0.1) is 0 Å². The molecule has 6 heteroatoms. The van der Waals surface area contributed by atoms with Crippen molar-refractivity contribution in [2.45, 2.75) is 13.3 Å². The van der Waals surface area contributed by atoms with E-state index >= 15 is 0 Å². The molecule has 0 radical (unpaired) electrons. The molecule has 0 atom stereocenters. The SMILES string of the molecule is CCOC(=O)c1cnc2ccccc2c1NCCC[NH+]1CCOCC1. The van der Waals surface area contributed by atoms with Gasteiger partial charge < -0.3 is 19.7 Å². The van der Waals surface area contributed by atoms with E-state index in [4.69, 9.17) is 9.47 Å². The van der Waals surface area contributed by atoms with Gasteiger partial charge in [-0.1, -0.05) is 18.2 Å². The van der Waals surface area contributed by atoms with Crippen LogP contribution in [0.3, 0.4) is 0 Å². The van der Waals surface area contributed by atoms with E-state index in [9.17, 15) is 4.79 Å². The maximum atomic E-state index is 12.3. The van der Waals surface area contributed by atoms with Gasteiger partial charge in [0, 0.05) is 24.5 Å². The van der Waals surface area contributed by atoms with Gasteiger partial charge in [0.15, 0.2) is 0 Å². The first-order valence-corrected chi connectivity index (χ1v) is 8.99. The van der Waals surface area contributed by atoms with Crippen LogP contribution in [0.15, 0.2) is 30.5 Å². The van der Waals surface area contributed by atoms with Crippen LogP contribution in [0.5, 0.6) is 0 Å². The number of carbonyl (C=O) groups excluding carboxylic acids is 1. The lowest BCUT2D eigenvalue weighted by Gasteiger charge is -2.23. The molecule has 134 valence electrons. The van der Waals surface area contributed by atoms with Gasteiger partial charge >= 0.3 is 5.97 Å². The number of hydrogen-bond donors (Lipinski definition) is 2. The number of hydrogen-bond acceptors (Lipinski definition) is 5. The molecule has 25 heavy (non-hydrogen) atoms. The van der Waals surface area contributed by atoms with Crippen molar-refractivity contribution < 1.29 is 19.2 Å². The summed E-state index contributed by atoms with van der Waals surface area (Å²) in [4.78, 5) is 18.2. The number of rotatable bonds is 7. The molecule has 1 fully saturated rings. The minimum Gasteiger partial charge on any atom is -0.462 e. The Morgan fingerprint density at radius 1 is 1.32 bits per heavy atom. The van der Waals surface area contributed by atoms with E-state index in [0.717, 1.165) is 62.4 Å². The maximum Gasteiger partial charge on any atom is 0.341 e. The number of benzene rings is 1. The number of anilines is 1. The number of carbonyl (C=O) groups is 1. The van der Waals surface area contributed by atoms with Crippen molar-refractivity contribution >= 4 is 22.6 Å². The molecule has 6 nitrogen and oxygen atoms in total. The number of quaternary nitrogens is 1. The molecule has 1 aromatic carbocycles. The smallest absolute Gasteiger partial charge is 0.341 e. The summed E-state index contributed by atoms with van der Waals surface area (Å²) in [5.74, 6) is -0.331. The molecule has 2 heterocycles. The fourth-order valence-corrected chi connectivity index (χ4v) is 3.16. The van der Waals surface area contributed by atoms with Gasteiger partial charge in [0.05, 0.1) is 37.6 Å². The summed E-state index contributed by atoms with van der Waals surface area (Å²) in [6.07, 6.45) is 2.64.